The molecule has 0 unspecified atom stereocenters. The van der Waals surface area contributed by atoms with Crippen molar-refractivity contribution in [3.8, 4) is 5.75 Å². The molecule has 0 aliphatic rings. The van der Waals surface area contributed by atoms with E-state index in [4.69, 9.17) is 4.74 Å². The normalized spacial score (nSPS) is 10.4. The van der Waals surface area contributed by atoms with Crippen molar-refractivity contribution in [1.29, 1.82) is 0 Å². The first-order chi connectivity index (χ1) is 14.5. The number of likely N-dealkylation sites (N-methyl/N-ethyl adjacent to an activating group) is 1. The summed E-state index contributed by atoms with van der Waals surface area (Å²) in [4.78, 5) is 32.0. The molecule has 0 aliphatic carbocycles. The van der Waals surface area contributed by atoms with Gasteiger partial charge in [-0.2, -0.15) is 0 Å². The van der Waals surface area contributed by atoms with Gasteiger partial charge < -0.3 is 15.0 Å². The number of nitrogens with zero attached hydrogens (tertiary/aromatic N) is 2. The average molecular weight is 486 g/mol. The summed E-state index contributed by atoms with van der Waals surface area (Å²) < 4.78 is 6.13. The summed E-state index contributed by atoms with van der Waals surface area (Å²) in [5.41, 5.74) is 1.05. The highest BCUT2D eigenvalue weighted by Crippen LogP contribution is 2.30. The minimum Gasteiger partial charge on any atom is -0.497 e. The van der Waals surface area contributed by atoms with E-state index < -0.39 is 0 Å². The van der Waals surface area contributed by atoms with Gasteiger partial charge in [0.05, 0.1) is 19.2 Å². The van der Waals surface area contributed by atoms with Gasteiger partial charge in [-0.25, -0.2) is 4.98 Å². The molecule has 3 aromatic rings. The van der Waals surface area contributed by atoms with Crippen LogP contribution in [0.2, 0.25) is 0 Å². The number of ether oxygens (including phenoxy) is 1. The molecule has 0 atom stereocenters. The summed E-state index contributed by atoms with van der Waals surface area (Å²) in [6.07, 6.45) is 1.65. The van der Waals surface area contributed by atoms with Gasteiger partial charge in [0.1, 0.15) is 10.8 Å². The Morgan fingerprint density at radius 2 is 1.90 bits per heavy atom. The summed E-state index contributed by atoms with van der Waals surface area (Å²) in [6.45, 7) is -0.0900. The molecule has 154 valence electrons. The topological polar surface area (TPSA) is 71.5 Å². The number of anilines is 1. The minimum atomic E-state index is -0.301. The number of pyridine rings is 1. The Kier molecular flexibility index (Phi) is 7.48. The van der Waals surface area contributed by atoms with Crippen LogP contribution in [0.25, 0.3) is 0 Å². The lowest BCUT2D eigenvalue weighted by Gasteiger charge is -2.18. The van der Waals surface area contributed by atoms with Gasteiger partial charge in [-0.1, -0.05) is 33.8 Å². The predicted octanol–water partition coefficient (Wildman–Crippen LogP) is 4.71. The molecular formula is C22H20BrN3O3S. The highest BCUT2D eigenvalue weighted by atomic mass is 79.9. The first-order valence-electron chi connectivity index (χ1n) is 9.04. The van der Waals surface area contributed by atoms with Gasteiger partial charge >= 0.3 is 0 Å². The lowest BCUT2D eigenvalue weighted by molar-refractivity contribution is -0.116. The SMILES string of the molecule is COc1cccc(NC(=O)CN(C)C(=O)c2cccnc2Sc2ccc(Br)cc2)c1. The summed E-state index contributed by atoms with van der Waals surface area (Å²) >= 11 is 4.81. The Morgan fingerprint density at radius 3 is 2.63 bits per heavy atom. The Bertz CT molecular complexity index is 1040. The van der Waals surface area contributed by atoms with Crippen molar-refractivity contribution in [3.63, 3.8) is 0 Å². The molecule has 0 saturated carbocycles. The fraction of sp³-hybridized carbons (Fsp3) is 0.136. The summed E-state index contributed by atoms with van der Waals surface area (Å²) in [5.74, 6) is 0.0656. The van der Waals surface area contributed by atoms with Gasteiger partial charge in [-0.15, -0.1) is 0 Å². The molecular weight excluding hydrogens is 466 g/mol. The van der Waals surface area contributed by atoms with Crippen LogP contribution in [0.4, 0.5) is 5.69 Å². The maximum atomic E-state index is 13.0. The molecule has 0 fully saturated rings. The maximum absolute atomic E-state index is 13.0. The molecule has 0 spiro atoms. The molecule has 0 bridgehead atoms. The van der Waals surface area contributed by atoms with Crippen molar-refractivity contribution >= 4 is 45.2 Å². The van der Waals surface area contributed by atoms with E-state index in [2.05, 4.69) is 26.2 Å². The van der Waals surface area contributed by atoms with E-state index in [9.17, 15) is 9.59 Å². The van der Waals surface area contributed by atoms with E-state index in [1.807, 2.05) is 24.3 Å². The molecule has 30 heavy (non-hydrogen) atoms. The molecule has 6 nitrogen and oxygen atoms in total. The number of hydrogen-bond donors (Lipinski definition) is 1. The smallest absolute Gasteiger partial charge is 0.256 e. The van der Waals surface area contributed by atoms with Crippen LogP contribution in [0.1, 0.15) is 10.4 Å². The monoisotopic (exact) mass is 485 g/mol. The van der Waals surface area contributed by atoms with Gasteiger partial charge in [-0.05, 0) is 48.5 Å². The summed E-state index contributed by atoms with van der Waals surface area (Å²) in [7, 11) is 3.15. The number of amides is 2. The lowest BCUT2D eigenvalue weighted by atomic mass is 10.2. The van der Waals surface area contributed by atoms with Crippen LogP contribution in [-0.4, -0.2) is 42.4 Å². The third-order valence-electron chi connectivity index (χ3n) is 4.11. The fourth-order valence-corrected chi connectivity index (χ4v) is 3.78. The van der Waals surface area contributed by atoms with Crippen molar-refractivity contribution in [2.45, 2.75) is 9.92 Å². The fourth-order valence-electron chi connectivity index (χ4n) is 2.64. The standard InChI is InChI=1S/C22H20BrN3O3S/c1-26(14-20(27)25-16-5-3-6-17(13-16)29-2)22(28)19-7-4-12-24-21(19)30-18-10-8-15(23)9-11-18/h3-13H,14H2,1-2H3,(H,25,27). The average Bonchev–Trinajstić information content (AvgIpc) is 2.75. The lowest BCUT2D eigenvalue weighted by Crippen LogP contribution is -2.35. The number of aromatic nitrogens is 1. The van der Waals surface area contributed by atoms with Gasteiger partial charge in [-0.3, -0.25) is 9.59 Å². The van der Waals surface area contributed by atoms with Crippen LogP contribution < -0.4 is 10.1 Å². The van der Waals surface area contributed by atoms with Crippen molar-refractivity contribution in [2.24, 2.45) is 0 Å². The van der Waals surface area contributed by atoms with Crippen molar-refractivity contribution in [2.75, 3.05) is 26.0 Å². The van der Waals surface area contributed by atoms with Crippen molar-refractivity contribution in [1.82, 2.24) is 9.88 Å². The second kappa shape index (κ2) is 10.3. The number of benzene rings is 2. The molecule has 8 heteroatoms. The Balaban J connectivity index is 1.68. The molecule has 0 saturated heterocycles. The number of nitrogens with one attached hydrogen (secondary N) is 1. The molecule has 2 aromatic carbocycles. The van der Waals surface area contributed by atoms with Crippen LogP contribution in [0, 0.1) is 0 Å². The number of halogens is 1. The second-order valence-corrected chi connectivity index (χ2v) is 8.33. The van der Waals surface area contributed by atoms with Crippen molar-refractivity contribution < 1.29 is 14.3 Å². The third kappa shape index (κ3) is 5.84. The maximum Gasteiger partial charge on any atom is 0.256 e. The molecule has 2 amide bonds. The van der Waals surface area contributed by atoms with E-state index >= 15 is 0 Å². The number of rotatable bonds is 7. The zero-order chi connectivity index (χ0) is 21.5. The second-order valence-electron chi connectivity index (χ2n) is 6.35. The van der Waals surface area contributed by atoms with E-state index in [0.717, 1.165) is 9.37 Å². The van der Waals surface area contributed by atoms with Crippen LogP contribution in [0.15, 0.2) is 81.3 Å². The predicted molar refractivity (Wildman–Crippen MR) is 121 cm³/mol. The van der Waals surface area contributed by atoms with E-state index in [0.29, 0.717) is 22.0 Å². The van der Waals surface area contributed by atoms with Gasteiger partial charge in [0.25, 0.3) is 5.91 Å². The summed E-state index contributed by atoms with van der Waals surface area (Å²) in [5, 5.41) is 3.36. The quantitative estimate of drug-likeness (QED) is 0.524. The van der Waals surface area contributed by atoms with Crippen LogP contribution in [0.3, 0.4) is 0 Å². The third-order valence-corrected chi connectivity index (χ3v) is 5.67. The molecule has 1 heterocycles. The zero-order valence-corrected chi connectivity index (χ0v) is 18.9. The number of carbonyl (C=O) groups excluding carboxylic acids is 2. The van der Waals surface area contributed by atoms with Crippen LogP contribution in [0.5, 0.6) is 5.75 Å². The highest BCUT2D eigenvalue weighted by molar-refractivity contribution is 9.10. The first-order valence-corrected chi connectivity index (χ1v) is 10.6. The Hall–Kier alpha value is -2.84. The van der Waals surface area contributed by atoms with E-state index in [1.165, 1.54) is 16.7 Å². The van der Waals surface area contributed by atoms with Gasteiger partial charge in [0.15, 0.2) is 0 Å². The van der Waals surface area contributed by atoms with Crippen LogP contribution in [-0.2, 0) is 4.79 Å². The molecule has 0 aliphatic heterocycles. The molecule has 0 radical (unpaired) electrons. The first kappa shape index (κ1) is 21.9. The zero-order valence-electron chi connectivity index (χ0n) is 16.5. The number of methoxy groups -OCH3 is 1. The van der Waals surface area contributed by atoms with Gasteiger partial charge in [0.2, 0.25) is 5.91 Å². The largest absolute Gasteiger partial charge is 0.497 e. The Labute approximate surface area is 187 Å². The molecule has 3 rings (SSSR count). The molecule has 1 aromatic heterocycles. The highest BCUT2D eigenvalue weighted by Gasteiger charge is 2.19. The minimum absolute atomic E-state index is 0.0900. The molecule has 1 N–H and O–H groups in total. The van der Waals surface area contributed by atoms with Crippen LogP contribution >= 0.6 is 27.7 Å². The van der Waals surface area contributed by atoms with E-state index in [1.54, 1.807) is 56.8 Å². The van der Waals surface area contributed by atoms with E-state index in [-0.39, 0.29) is 18.4 Å². The van der Waals surface area contributed by atoms with Gasteiger partial charge in [0, 0.05) is 34.4 Å². The number of hydrogen-bond acceptors (Lipinski definition) is 5. The van der Waals surface area contributed by atoms with Crippen molar-refractivity contribution in [3.05, 3.63) is 76.9 Å². The summed E-state index contributed by atoms with van der Waals surface area (Å²) in [6, 6.07) is 18.2. The Morgan fingerprint density at radius 1 is 1.13 bits per heavy atom. The number of carbonyl (C=O) groups is 2.